The third-order valence-corrected chi connectivity index (χ3v) is 17.3. The molecule has 0 radical (unpaired) electrons. The van der Waals surface area contributed by atoms with E-state index in [9.17, 15) is 0 Å². The maximum absolute atomic E-state index is 5.34. The Morgan fingerprint density at radius 2 is 0.798 bits per heavy atom. The van der Waals surface area contributed by atoms with Gasteiger partial charge in [-0.05, 0) is 125 Å². The molecule has 0 aliphatic rings. The second kappa shape index (κ2) is 29.4. The van der Waals surface area contributed by atoms with Crippen molar-refractivity contribution in [2.45, 2.75) is 78.6 Å². The number of aromatic amines is 3. The molecule has 0 amide bonds. The van der Waals surface area contributed by atoms with Crippen molar-refractivity contribution < 1.29 is 9.47 Å². The molecule has 0 aliphatic heterocycles. The van der Waals surface area contributed by atoms with Gasteiger partial charge in [-0.2, -0.15) is 0 Å². The number of nitrogens with zero attached hydrogens (tertiary/aromatic N) is 9. The van der Waals surface area contributed by atoms with Crippen LogP contribution in [-0.4, -0.2) is 92.4 Å². The second-order valence-corrected chi connectivity index (χ2v) is 23.5. The third-order valence-electron chi connectivity index (χ3n) is 17.3. The zero-order valence-corrected chi connectivity index (χ0v) is 54.3. The highest BCUT2D eigenvalue weighted by atomic mass is 16.5. The maximum Gasteiger partial charge on any atom is 0.316 e. The lowest BCUT2D eigenvalue weighted by molar-refractivity contribution is 0.380. The van der Waals surface area contributed by atoms with Gasteiger partial charge in [0.05, 0.1) is 37.0 Å². The van der Waals surface area contributed by atoms with Gasteiger partial charge in [0.25, 0.3) is 0 Å². The van der Waals surface area contributed by atoms with Crippen LogP contribution < -0.4 is 25.4 Å². The zero-order chi connectivity index (χ0) is 64.9. The summed E-state index contributed by atoms with van der Waals surface area (Å²) in [6, 6.07) is 36.7. The lowest BCUT2D eigenvalue weighted by Crippen LogP contribution is -2.16. The van der Waals surface area contributed by atoms with Crippen LogP contribution in [0.3, 0.4) is 0 Å². The lowest BCUT2D eigenvalue weighted by atomic mass is 10.0. The SMILES string of the molecule is C=C(NCCCC)n1ccc2c(Cc3c[nH]c4ncc(-c5ccncc5)cc34)cccc21.C=C(NCCCC)n1ccc2c(Cc3c[nH]c4ncc(-c5cnc(OC)nc5)cc34)cccc21.C=C(NCCCC)n1ccc2c(Cc3c[nH]c4ncc(OC)cc34)cccc21. The number of pyridine rings is 4. The van der Waals surface area contributed by atoms with Crippen LogP contribution in [0.1, 0.15) is 92.7 Å². The van der Waals surface area contributed by atoms with E-state index in [1.807, 2.05) is 55.4 Å². The van der Waals surface area contributed by atoms with Crippen molar-refractivity contribution in [3.63, 3.8) is 0 Å². The Hall–Kier alpha value is -11.2. The van der Waals surface area contributed by atoms with E-state index in [0.717, 1.165) is 149 Å². The Balaban J connectivity index is 0.000000136. The molecule has 0 saturated heterocycles. The van der Waals surface area contributed by atoms with Crippen LogP contribution in [0.4, 0.5) is 0 Å². The highest BCUT2D eigenvalue weighted by Gasteiger charge is 2.17. The summed E-state index contributed by atoms with van der Waals surface area (Å²) in [5.41, 5.74) is 17.7. The van der Waals surface area contributed by atoms with E-state index in [0.29, 0.717) is 6.01 Å². The van der Waals surface area contributed by atoms with E-state index < -0.39 is 0 Å². The Labute approximate surface area is 547 Å². The van der Waals surface area contributed by atoms with Gasteiger partial charge in [0.15, 0.2) is 0 Å². The summed E-state index contributed by atoms with van der Waals surface area (Å²) in [7, 11) is 3.22. The molecule has 11 heterocycles. The summed E-state index contributed by atoms with van der Waals surface area (Å²) in [5, 5.41) is 17.4. The fourth-order valence-electron chi connectivity index (χ4n) is 12.1. The maximum atomic E-state index is 5.34. The molecule has 6 N–H and O–H groups in total. The molecular weight excluding hydrogens is 1170 g/mol. The van der Waals surface area contributed by atoms with Crippen molar-refractivity contribution in [1.82, 2.24) is 74.5 Å². The summed E-state index contributed by atoms with van der Waals surface area (Å²) in [5.74, 6) is 3.51. The minimum Gasteiger partial charge on any atom is -0.495 e. The van der Waals surface area contributed by atoms with Crippen LogP contribution in [0.25, 0.3) is 106 Å². The number of nitrogens with one attached hydrogen (secondary N) is 6. The fourth-order valence-corrected chi connectivity index (χ4v) is 12.1. The van der Waals surface area contributed by atoms with Crippen LogP contribution in [0.15, 0.2) is 203 Å². The normalized spacial score (nSPS) is 11.2. The Morgan fingerprint density at radius 3 is 1.19 bits per heavy atom. The average molecular weight is 1250 g/mol. The van der Waals surface area contributed by atoms with Gasteiger partial charge in [0, 0.05) is 162 Å². The van der Waals surface area contributed by atoms with Crippen molar-refractivity contribution in [2.75, 3.05) is 33.9 Å². The number of fused-ring (bicyclic) bond motifs is 6. The predicted molar refractivity (Wildman–Crippen MR) is 385 cm³/mol. The first-order valence-corrected chi connectivity index (χ1v) is 32.4. The lowest BCUT2D eigenvalue weighted by Gasteiger charge is -2.12. The van der Waals surface area contributed by atoms with E-state index in [2.05, 4.69) is 225 Å². The molecule has 14 aromatic rings. The van der Waals surface area contributed by atoms with E-state index in [-0.39, 0.29) is 0 Å². The first kappa shape index (κ1) is 63.0. The van der Waals surface area contributed by atoms with Crippen molar-refractivity contribution in [1.29, 1.82) is 0 Å². The van der Waals surface area contributed by atoms with Gasteiger partial charge >= 0.3 is 6.01 Å². The van der Waals surface area contributed by atoms with Crippen LogP contribution in [0.5, 0.6) is 11.8 Å². The molecule has 17 heteroatoms. The zero-order valence-electron chi connectivity index (χ0n) is 54.3. The molecule has 0 bridgehead atoms. The minimum atomic E-state index is 0.350. The first-order valence-electron chi connectivity index (χ1n) is 32.4. The highest BCUT2D eigenvalue weighted by molar-refractivity contribution is 5.92. The van der Waals surface area contributed by atoms with Crippen LogP contribution >= 0.6 is 0 Å². The molecule has 94 heavy (non-hydrogen) atoms. The van der Waals surface area contributed by atoms with Crippen LogP contribution in [0.2, 0.25) is 0 Å². The monoisotopic (exact) mass is 1250 g/mol. The van der Waals surface area contributed by atoms with E-state index in [1.54, 1.807) is 32.8 Å². The number of rotatable bonds is 25. The smallest absolute Gasteiger partial charge is 0.316 e. The molecule has 11 aromatic heterocycles. The van der Waals surface area contributed by atoms with Gasteiger partial charge in [0.2, 0.25) is 0 Å². The quantitative estimate of drug-likeness (QED) is 0.0298. The van der Waals surface area contributed by atoms with E-state index in [1.165, 1.54) is 73.4 Å². The molecule has 0 spiro atoms. The Morgan fingerprint density at radius 1 is 0.415 bits per heavy atom. The molecule has 0 unspecified atom stereocenters. The Kier molecular flexibility index (Phi) is 19.7. The second-order valence-electron chi connectivity index (χ2n) is 23.5. The molecular formula is C77H81N15O2. The summed E-state index contributed by atoms with van der Waals surface area (Å²) in [6.45, 7) is 22.1. The fraction of sp³-hybridized carbons (Fsp3) is 0.221. The molecule has 476 valence electrons. The summed E-state index contributed by atoms with van der Waals surface area (Å²) >= 11 is 0. The number of benzene rings is 3. The van der Waals surface area contributed by atoms with Crippen molar-refractivity contribution in [2.24, 2.45) is 0 Å². The van der Waals surface area contributed by atoms with Crippen LogP contribution in [0, 0.1) is 0 Å². The number of ether oxygens (including phenoxy) is 2. The molecule has 3 aromatic carbocycles. The van der Waals surface area contributed by atoms with Crippen molar-refractivity contribution in [3.05, 3.63) is 237 Å². The predicted octanol–water partition coefficient (Wildman–Crippen LogP) is 16.3. The number of aromatic nitrogens is 12. The first-order chi connectivity index (χ1) is 46.1. The molecule has 17 nitrogen and oxygen atoms in total. The molecule has 0 fully saturated rings. The summed E-state index contributed by atoms with van der Waals surface area (Å²) in [6.07, 6.45) is 34.4. The molecule has 0 atom stereocenters. The number of hydrogen-bond acceptors (Lipinski definition) is 11. The van der Waals surface area contributed by atoms with Gasteiger partial charge in [-0.15, -0.1) is 0 Å². The van der Waals surface area contributed by atoms with Gasteiger partial charge in [-0.25, -0.2) is 24.9 Å². The average Bonchev–Trinajstić information content (AvgIpc) is 1.64. The van der Waals surface area contributed by atoms with E-state index >= 15 is 0 Å². The molecule has 0 saturated carbocycles. The highest BCUT2D eigenvalue weighted by Crippen LogP contribution is 2.33. The number of methoxy groups -OCH3 is 2. The van der Waals surface area contributed by atoms with Gasteiger partial charge in [-0.3, -0.25) is 4.98 Å². The number of unbranched alkanes of at least 4 members (excludes halogenated alkanes) is 3. The van der Waals surface area contributed by atoms with Gasteiger partial charge in [0.1, 0.15) is 40.2 Å². The number of hydrogen-bond donors (Lipinski definition) is 6. The number of H-pyrrole nitrogens is 3. The van der Waals surface area contributed by atoms with Gasteiger partial charge in [-0.1, -0.05) is 96.2 Å². The Bertz CT molecular complexity index is 4930. The largest absolute Gasteiger partial charge is 0.495 e. The standard InChI is InChI=1S/C27H28N6O.C27H27N5.C23H26N4O/c1-4-5-10-28-18(2)33-11-9-23-19(7-6-8-25(23)33)12-21-15-30-26-24(21)13-20(14-29-26)22-16-31-27(34-3)32-17-22;1-3-4-11-29-19(2)32-14-10-24-21(6-5-7-26(24)32)15-23-18-31-27-25(23)16-22(17-30-27)20-8-12-28-13-9-20;1-4-5-10-24-16(2)27-11-9-20-17(7-6-8-22(20)27)12-18-14-25-23-21(18)13-19(28-3)15-26-23/h6-9,11,13-17,28H,2,4-5,10,12H2,1,3H3,(H,29,30);5-10,12-14,16-18,29H,2-4,11,15H2,1H3,(H,30,31);6-9,11,13-15,24H,2,4-5,10,12H2,1,3H3,(H,25,26). The third kappa shape index (κ3) is 13.8. The van der Waals surface area contributed by atoms with Crippen molar-refractivity contribution in [3.8, 4) is 34.0 Å². The van der Waals surface area contributed by atoms with Crippen LogP contribution in [-0.2, 0) is 19.3 Å². The molecule has 14 rings (SSSR count). The van der Waals surface area contributed by atoms with E-state index in [4.69, 9.17) is 9.47 Å². The van der Waals surface area contributed by atoms with Crippen molar-refractivity contribution >= 4 is 83.3 Å². The topological polar surface area (TPSA) is 194 Å². The summed E-state index contributed by atoms with van der Waals surface area (Å²) in [4.78, 5) is 36.2. The summed E-state index contributed by atoms with van der Waals surface area (Å²) < 4.78 is 16.8. The van der Waals surface area contributed by atoms with Gasteiger partial charge < -0.3 is 54.1 Å². The minimum absolute atomic E-state index is 0.350. The molecule has 0 aliphatic carbocycles.